The minimum atomic E-state index is -3.49. The number of halogens is 1. The molecule has 156 valence electrons. The van der Waals surface area contributed by atoms with Gasteiger partial charge in [0.2, 0.25) is 10.0 Å². The van der Waals surface area contributed by atoms with Crippen molar-refractivity contribution in [2.45, 2.75) is 4.90 Å². The smallest absolute Gasteiger partial charge is 0.338 e. The molecule has 0 fully saturated rings. The van der Waals surface area contributed by atoms with Gasteiger partial charge in [0, 0.05) is 14.1 Å². The Balaban J connectivity index is 1.52. The Morgan fingerprint density at radius 1 is 1.10 bits per heavy atom. The summed E-state index contributed by atoms with van der Waals surface area (Å²) in [7, 11) is -0.570. The molecule has 0 saturated heterocycles. The number of hydrogen-bond donors (Lipinski definition) is 0. The van der Waals surface area contributed by atoms with Crippen LogP contribution in [0.3, 0.4) is 0 Å². The summed E-state index contributed by atoms with van der Waals surface area (Å²) < 4.78 is 46.7. The number of esters is 1. The highest BCUT2D eigenvalue weighted by atomic mass is 35.5. The van der Waals surface area contributed by atoms with Crippen molar-refractivity contribution < 1.29 is 32.2 Å². The molecule has 10 heteroatoms. The zero-order chi connectivity index (χ0) is 21.0. The molecule has 29 heavy (non-hydrogen) atoms. The van der Waals surface area contributed by atoms with E-state index in [1.54, 1.807) is 12.1 Å². The maximum Gasteiger partial charge on any atom is 0.338 e. The molecule has 2 aromatic carbocycles. The van der Waals surface area contributed by atoms with Gasteiger partial charge in [-0.3, -0.25) is 0 Å². The van der Waals surface area contributed by atoms with E-state index in [4.69, 9.17) is 30.5 Å². The normalized spacial score (nSPS) is 13.2. The number of sulfonamides is 1. The molecular weight excluding hydrogens is 422 g/mol. The molecule has 0 spiro atoms. The summed E-state index contributed by atoms with van der Waals surface area (Å²) in [4.78, 5) is 12.4. The maximum absolute atomic E-state index is 12.2. The molecular formula is C19H20ClNO7S. The number of ether oxygens (including phenoxy) is 4. The van der Waals surface area contributed by atoms with Crippen LogP contribution in [0.1, 0.15) is 10.4 Å². The Morgan fingerprint density at radius 3 is 2.48 bits per heavy atom. The highest BCUT2D eigenvalue weighted by Crippen LogP contribution is 2.38. The summed E-state index contributed by atoms with van der Waals surface area (Å²) >= 11 is 6.11. The van der Waals surface area contributed by atoms with E-state index >= 15 is 0 Å². The molecule has 1 aliphatic rings. The van der Waals surface area contributed by atoms with E-state index in [1.165, 1.54) is 38.4 Å². The monoisotopic (exact) mass is 441 g/mol. The molecule has 2 aromatic rings. The average molecular weight is 442 g/mol. The lowest BCUT2D eigenvalue weighted by molar-refractivity contribution is 0.0449. The number of fused-ring (bicyclic) bond motifs is 1. The van der Waals surface area contributed by atoms with Crippen LogP contribution in [0.15, 0.2) is 41.3 Å². The molecule has 0 unspecified atom stereocenters. The predicted octanol–water partition coefficient (Wildman–Crippen LogP) is 2.60. The zero-order valence-corrected chi connectivity index (χ0v) is 17.5. The average Bonchev–Trinajstić information content (AvgIpc) is 2.71. The van der Waals surface area contributed by atoms with Gasteiger partial charge in [-0.1, -0.05) is 11.6 Å². The first-order valence-corrected chi connectivity index (χ1v) is 10.5. The van der Waals surface area contributed by atoms with Gasteiger partial charge in [0.15, 0.2) is 11.5 Å². The van der Waals surface area contributed by atoms with Gasteiger partial charge in [-0.2, -0.15) is 0 Å². The summed E-state index contributed by atoms with van der Waals surface area (Å²) in [6.45, 7) is 0.882. The van der Waals surface area contributed by atoms with Crippen molar-refractivity contribution in [3.8, 4) is 17.2 Å². The number of nitrogens with zero attached hydrogens (tertiary/aromatic N) is 1. The molecule has 0 amide bonds. The second-order valence-electron chi connectivity index (χ2n) is 6.23. The fourth-order valence-corrected chi connectivity index (χ4v) is 3.69. The Bertz CT molecular complexity index is 990. The number of carbonyl (C=O) groups is 1. The molecule has 8 nitrogen and oxygen atoms in total. The molecule has 0 saturated carbocycles. The lowest BCUT2D eigenvalue weighted by Crippen LogP contribution is -2.22. The molecule has 0 radical (unpaired) electrons. The van der Waals surface area contributed by atoms with Gasteiger partial charge in [0.1, 0.15) is 32.2 Å². The molecule has 0 bridgehead atoms. The van der Waals surface area contributed by atoms with Crippen LogP contribution in [0.2, 0.25) is 5.02 Å². The largest absolute Gasteiger partial charge is 0.490 e. The third-order valence-electron chi connectivity index (χ3n) is 4.02. The number of hydrogen-bond acceptors (Lipinski definition) is 7. The van der Waals surface area contributed by atoms with Crippen LogP contribution >= 0.6 is 11.6 Å². The van der Waals surface area contributed by atoms with Gasteiger partial charge in [-0.25, -0.2) is 17.5 Å². The van der Waals surface area contributed by atoms with Crippen molar-refractivity contribution >= 4 is 27.6 Å². The van der Waals surface area contributed by atoms with E-state index in [-0.39, 0.29) is 28.7 Å². The quantitative estimate of drug-likeness (QED) is 0.481. The molecule has 0 aromatic heterocycles. The van der Waals surface area contributed by atoms with Crippen LogP contribution in [0, 0.1) is 0 Å². The summed E-state index contributed by atoms with van der Waals surface area (Å²) in [5, 5.41) is 0.276. The van der Waals surface area contributed by atoms with E-state index in [9.17, 15) is 13.2 Å². The lowest BCUT2D eigenvalue weighted by atomic mass is 10.2. The van der Waals surface area contributed by atoms with E-state index in [1.807, 2.05) is 0 Å². The first-order chi connectivity index (χ1) is 13.8. The zero-order valence-electron chi connectivity index (χ0n) is 15.9. The SMILES string of the molecule is CN(C)S(=O)(=O)c1ccc(OCCOC(=O)c2cc(Cl)c3c(c2)OCCO3)cc1. The van der Waals surface area contributed by atoms with Crippen molar-refractivity contribution in [1.82, 2.24) is 4.31 Å². The predicted molar refractivity (Wildman–Crippen MR) is 106 cm³/mol. The molecule has 0 N–H and O–H groups in total. The number of carbonyl (C=O) groups excluding carboxylic acids is 1. The Labute approximate surface area is 173 Å². The minimum absolute atomic E-state index is 0.00262. The first-order valence-electron chi connectivity index (χ1n) is 8.70. The van der Waals surface area contributed by atoms with E-state index < -0.39 is 16.0 Å². The van der Waals surface area contributed by atoms with Gasteiger partial charge in [-0.15, -0.1) is 0 Å². The maximum atomic E-state index is 12.2. The second kappa shape index (κ2) is 8.89. The van der Waals surface area contributed by atoms with Gasteiger partial charge in [0.25, 0.3) is 0 Å². The van der Waals surface area contributed by atoms with Crippen molar-refractivity contribution in [2.24, 2.45) is 0 Å². The minimum Gasteiger partial charge on any atom is -0.490 e. The van der Waals surface area contributed by atoms with Crippen LogP contribution in [0.4, 0.5) is 0 Å². The Kier molecular flexibility index (Phi) is 6.51. The van der Waals surface area contributed by atoms with Crippen LogP contribution in [0.25, 0.3) is 0 Å². The molecule has 1 aliphatic heterocycles. The molecule has 0 atom stereocenters. The molecule has 3 rings (SSSR count). The Morgan fingerprint density at radius 2 is 1.79 bits per heavy atom. The molecule has 1 heterocycles. The summed E-state index contributed by atoms with van der Waals surface area (Å²) in [6, 6.07) is 8.97. The summed E-state index contributed by atoms with van der Waals surface area (Å²) in [6.07, 6.45) is 0. The van der Waals surface area contributed by atoms with Gasteiger partial charge in [0.05, 0.1) is 15.5 Å². The highest BCUT2D eigenvalue weighted by molar-refractivity contribution is 7.89. The van der Waals surface area contributed by atoms with Crippen molar-refractivity contribution in [3.05, 3.63) is 47.0 Å². The highest BCUT2D eigenvalue weighted by Gasteiger charge is 2.20. The number of rotatable bonds is 7. The van der Waals surface area contributed by atoms with Crippen LogP contribution in [-0.4, -0.2) is 59.2 Å². The van der Waals surface area contributed by atoms with Gasteiger partial charge in [-0.05, 0) is 36.4 Å². The lowest BCUT2D eigenvalue weighted by Gasteiger charge is -2.20. The standard InChI is InChI=1S/C19H20ClNO7S/c1-21(2)29(23,24)15-5-3-14(4-6-15)25-7-10-28-19(22)13-11-16(20)18-17(12-13)26-8-9-27-18/h3-6,11-12H,7-10H2,1-2H3. The van der Waals surface area contributed by atoms with Crippen molar-refractivity contribution in [1.29, 1.82) is 0 Å². The van der Waals surface area contributed by atoms with E-state index in [0.717, 1.165) is 4.31 Å². The van der Waals surface area contributed by atoms with Crippen LogP contribution in [0.5, 0.6) is 17.2 Å². The fraction of sp³-hybridized carbons (Fsp3) is 0.316. The van der Waals surface area contributed by atoms with Gasteiger partial charge >= 0.3 is 5.97 Å². The van der Waals surface area contributed by atoms with Crippen LogP contribution in [-0.2, 0) is 14.8 Å². The van der Waals surface area contributed by atoms with E-state index in [0.29, 0.717) is 30.5 Å². The summed E-state index contributed by atoms with van der Waals surface area (Å²) in [5.74, 6) is 0.707. The third-order valence-corrected chi connectivity index (χ3v) is 6.13. The second-order valence-corrected chi connectivity index (χ2v) is 8.78. The van der Waals surface area contributed by atoms with Crippen LogP contribution < -0.4 is 14.2 Å². The third kappa shape index (κ3) is 4.92. The topological polar surface area (TPSA) is 91.4 Å². The van der Waals surface area contributed by atoms with Crippen molar-refractivity contribution in [3.63, 3.8) is 0 Å². The molecule has 0 aliphatic carbocycles. The first kappa shape index (κ1) is 21.2. The Hall–Kier alpha value is -2.49. The summed E-state index contributed by atoms with van der Waals surface area (Å²) in [5.41, 5.74) is 0.248. The van der Waals surface area contributed by atoms with Crippen molar-refractivity contribution in [2.75, 3.05) is 40.5 Å². The fourth-order valence-electron chi connectivity index (χ4n) is 2.52. The number of benzene rings is 2. The van der Waals surface area contributed by atoms with E-state index in [2.05, 4.69) is 0 Å². The van der Waals surface area contributed by atoms with Gasteiger partial charge < -0.3 is 18.9 Å².